The molecule has 0 aliphatic carbocycles. The first-order chi connectivity index (χ1) is 8.61. The van der Waals surface area contributed by atoms with Crippen molar-refractivity contribution in [2.24, 2.45) is 7.05 Å². The molecule has 2 aromatic heterocycles. The zero-order valence-electron chi connectivity index (χ0n) is 10.4. The lowest BCUT2D eigenvalue weighted by Crippen LogP contribution is -2.09. The molecule has 0 N–H and O–H groups in total. The lowest BCUT2D eigenvalue weighted by Gasteiger charge is -2.02. The molecule has 0 unspecified atom stereocenters. The zero-order chi connectivity index (χ0) is 13.1. The number of pyridine rings is 1. The fraction of sp³-hybridized carbons (Fsp3) is 0.308. The third-order valence-electron chi connectivity index (χ3n) is 2.75. The SMILES string of the molecule is CCc1cc(CC(=O)c2ncccc2Cl)n(C)n1. The third kappa shape index (κ3) is 2.59. The molecule has 0 aliphatic rings. The number of carbonyl (C=O) groups excluding carboxylic acids is 1. The zero-order valence-corrected chi connectivity index (χ0v) is 11.1. The highest BCUT2D eigenvalue weighted by Gasteiger charge is 2.15. The summed E-state index contributed by atoms with van der Waals surface area (Å²) in [5, 5.41) is 4.70. The first-order valence-electron chi connectivity index (χ1n) is 5.77. The van der Waals surface area contributed by atoms with Crippen molar-refractivity contribution in [3.8, 4) is 0 Å². The molecule has 2 rings (SSSR count). The number of halogens is 1. The number of Topliss-reactive ketones (excluding diaryl/α,β-unsaturated/α-hetero) is 1. The standard InChI is InChI=1S/C13H14ClN3O/c1-3-9-7-10(17(2)16-9)8-12(18)13-11(14)5-4-6-15-13/h4-7H,3,8H2,1-2H3. The van der Waals surface area contributed by atoms with E-state index in [4.69, 9.17) is 11.6 Å². The van der Waals surface area contributed by atoms with Crippen LogP contribution in [0.5, 0.6) is 0 Å². The lowest BCUT2D eigenvalue weighted by molar-refractivity contribution is 0.0986. The van der Waals surface area contributed by atoms with Crippen molar-refractivity contribution in [3.05, 3.63) is 46.5 Å². The fourth-order valence-electron chi connectivity index (χ4n) is 1.75. The third-order valence-corrected chi connectivity index (χ3v) is 3.06. The topological polar surface area (TPSA) is 47.8 Å². The van der Waals surface area contributed by atoms with Crippen molar-refractivity contribution in [2.75, 3.05) is 0 Å². The van der Waals surface area contributed by atoms with E-state index in [1.165, 1.54) is 0 Å². The van der Waals surface area contributed by atoms with Gasteiger partial charge in [0.25, 0.3) is 0 Å². The molecule has 0 bridgehead atoms. The number of aryl methyl sites for hydroxylation is 2. The maximum atomic E-state index is 12.1. The van der Waals surface area contributed by atoms with Crippen molar-refractivity contribution in [3.63, 3.8) is 0 Å². The fourth-order valence-corrected chi connectivity index (χ4v) is 1.98. The summed E-state index contributed by atoms with van der Waals surface area (Å²) >= 11 is 5.95. The van der Waals surface area contributed by atoms with Crippen molar-refractivity contribution in [1.29, 1.82) is 0 Å². The Bertz CT molecular complexity index is 577. The second-order valence-corrected chi connectivity index (χ2v) is 4.45. The molecule has 0 radical (unpaired) electrons. The van der Waals surface area contributed by atoms with Gasteiger partial charge in [-0.15, -0.1) is 0 Å². The number of hydrogen-bond donors (Lipinski definition) is 0. The normalized spacial score (nSPS) is 10.6. The lowest BCUT2D eigenvalue weighted by atomic mass is 10.1. The highest BCUT2D eigenvalue weighted by molar-refractivity contribution is 6.33. The van der Waals surface area contributed by atoms with Crippen LogP contribution in [0.4, 0.5) is 0 Å². The summed E-state index contributed by atoms with van der Waals surface area (Å²) in [6.45, 7) is 2.03. The van der Waals surface area contributed by atoms with Gasteiger partial charge in [0.05, 0.1) is 17.1 Å². The van der Waals surface area contributed by atoms with Crippen molar-refractivity contribution in [1.82, 2.24) is 14.8 Å². The first-order valence-corrected chi connectivity index (χ1v) is 6.15. The summed E-state index contributed by atoms with van der Waals surface area (Å²) in [5.74, 6) is -0.0914. The molecule has 0 fully saturated rings. The molecule has 94 valence electrons. The number of nitrogens with zero attached hydrogens (tertiary/aromatic N) is 3. The molecule has 0 saturated heterocycles. The number of carbonyl (C=O) groups is 1. The Balaban J connectivity index is 2.21. The molecule has 0 aromatic carbocycles. The van der Waals surface area contributed by atoms with Gasteiger partial charge in [-0.2, -0.15) is 5.10 Å². The van der Waals surface area contributed by atoms with Gasteiger partial charge in [0.2, 0.25) is 0 Å². The van der Waals surface area contributed by atoms with E-state index in [0.29, 0.717) is 10.7 Å². The van der Waals surface area contributed by atoms with E-state index >= 15 is 0 Å². The Morgan fingerprint density at radius 3 is 2.89 bits per heavy atom. The van der Waals surface area contributed by atoms with Crippen LogP contribution in [0, 0.1) is 0 Å². The van der Waals surface area contributed by atoms with Crippen LogP contribution in [-0.2, 0) is 19.9 Å². The average molecular weight is 264 g/mol. The molecule has 4 nitrogen and oxygen atoms in total. The summed E-state index contributed by atoms with van der Waals surface area (Å²) in [6, 6.07) is 5.32. The smallest absolute Gasteiger partial charge is 0.188 e. The van der Waals surface area contributed by atoms with Crippen LogP contribution in [0.3, 0.4) is 0 Å². The Hall–Kier alpha value is -1.68. The molecule has 0 saturated carbocycles. The molecular weight excluding hydrogens is 250 g/mol. The summed E-state index contributed by atoms with van der Waals surface area (Å²) in [6.07, 6.45) is 2.69. The van der Waals surface area contributed by atoms with E-state index < -0.39 is 0 Å². The van der Waals surface area contributed by atoms with Gasteiger partial charge >= 0.3 is 0 Å². The first kappa shape index (κ1) is 12.8. The molecule has 2 heterocycles. The van der Waals surface area contributed by atoms with E-state index in [-0.39, 0.29) is 12.2 Å². The van der Waals surface area contributed by atoms with Gasteiger partial charge < -0.3 is 0 Å². The minimum absolute atomic E-state index is 0.0914. The Labute approximate surface area is 111 Å². The van der Waals surface area contributed by atoms with Crippen LogP contribution in [-0.4, -0.2) is 20.5 Å². The van der Waals surface area contributed by atoms with Crippen LogP contribution in [0.15, 0.2) is 24.4 Å². The monoisotopic (exact) mass is 263 g/mol. The van der Waals surface area contributed by atoms with E-state index in [2.05, 4.69) is 10.1 Å². The van der Waals surface area contributed by atoms with Crippen LogP contribution < -0.4 is 0 Å². The van der Waals surface area contributed by atoms with Crippen molar-refractivity contribution < 1.29 is 4.79 Å². The van der Waals surface area contributed by atoms with Crippen LogP contribution in [0.2, 0.25) is 5.02 Å². The minimum Gasteiger partial charge on any atom is -0.292 e. The van der Waals surface area contributed by atoms with Crippen LogP contribution in [0.25, 0.3) is 0 Å². The van der Waals surface area contributed by atoms with Crippen molar-refractivity contribution in [2.45, 2.75) is 19.8 Å². The van der Waals surface area contributed by atoms with Gasteiger partial charge in [-0.1, -0.05) is 18.5 Å². The Kier molecular flexibility index (Phi) is 3.77. The molecule has 0 amide bonds. The van der Waals surface area contributed by atoms with E-state index in [1.807, 2.05) is 20.0 Å². The maximum Gasteiger partial charge on any atom is 0.188 e. The van der Waals surface area contributed by atoms with Gasteiger partial charge in [0.15, 0.2) is 5.78 Å². The highest BCUT2D eigenvalue weighted by atomic mass is 35.5. The highest BCUT2D eigenvalue weighted by Crippen LogP contribution is 2.15. The van der Waals surface area contributed by atoms with Gasteiger partial charge in [-0.25, -0.2) is 0 Å². The van der Waals surface area contributed by atoms with Gasteiger partial charge in [0, 0.05) is 18.9 Å². The van der Waals surface area contributed by atoms with E-state index in [0.717, 1.165) is 17.8 Å². The van der Waals surface area contributed by atoms with Gasteiger partial charge in [-0.05, 0) is 24.6 Å². The van der Waals surface area contributed by atoms with Gasteiger partial charge in [0.1, 0.15) is 5.69 Å². The largest absolute Gasteiger partial charge is 0.292 e. The molecule has 0 aliphatic heterocycles. The molecule has 5 heteroatoms. The van der Waals surface area contributed by atoms with Gasteiger partial charge in [-0.3, -0.25) is 14.5 Å². The second kappa shape index (κ2) is 5.31. The van der Waals surface area contributed by atoms with Crippen molar-refractivity contribution >= 4 is 17.4 Å². The Morgan fingerprint density at radius 2 is 2.28 bits per heavy atom. The molecule has 18 heavy (non-hydrogen) atoms. The summed E-state index contributed by atoms with van der Waals surface area (Å²) < 4.78 is 1.73. The molecule has 0 spiro atoms. The molecule has 0 atom stereocenters. The predicted molar refractivity (Wildman–Crippen MR) is 69.9 cm³/mol. The minimum atomic E-state index is -0.0914. The van der Waals surface area contributed by atoms with Crippen LogP contribution >= 0.6 is 11.6 Å². The maximum absolute atomic E-state index is 12.1. The molecular formula is C13H14ClN3O. The summed E-state index contributed by atoms with van der Waals surface area (Å²) in [4.78, 5) is 16.1. The van der Waals surface area contributed by atoms with Crippen LogP contribution in [0.1, 0.15) is 28.8 Å². The predicted octanol–water partition coefficient (Wildman–Crippen LogP) is 2.46. The summed E-state index contributed by atoms with van der Waals surface area (Å²) in [7, 11) is 1.84. The quantitative estimate of drug-likeness (QED) is 0.796. The molecule has 2 aromatic rings. The van der Waals surface area contributed by atoms with E-state index in [1.54, 1.807) is 23.0 Å². The Morgan fingerprint density at radius 1 is 1.50 bits per heavy atom. The average Bonchev–Trinajstić information content (AvgIpc) is 2.70. The number of rotatable bonds is 4. The number of aromatic nitrogens is 3. The summed E-state index contributed by atoms with van der Waals surface area (Å²) in [5.41, 5.74) is 2.17. The number of hydrogen-bond acceptors (Lipinski definition) is 3. The van der Waals surface area contributed by atoms with E-state index in [9.17, 15) is 4.79 Å². The number of ketones is 1. The second-order valence-electron chi connectivity index (χ2n) is 4.04.